The smallest absolute Gasteiger partial charge is 0.251 e. The van der Waals surface area contributed by atoms with Crippen LogP contribution in [0, 0.1) is 5.92 Å². The standard InChI is InChI=1S/C18H17ClN2O4S/c1-12-11-26(24,25)21(18(12)23)15-7-4-6-13(9-15)17(22)20-10-14-5-2-3-8-16(14)19/h2-9,12H,10-11H2,1H3,(H,20,22)/t12-/m1/s1. The minimum atomic E-state index is -3.71. The molecule has 0 spiro atoms. The monoisotopic (exact) mass is 392 g/mol. The number of carbonyl (C=O) groups excluding carboxylic acids is 2. The molecule has 1 N–H and O–H groups in total. The number of sulfonamides is 1. The Hall–Kier alpha value is -2.38. The molecular weight excluding hydrogens is 376 g/mol. The third-order valence-corrected chi connectivity index (χ3v) is 6.34. The van der Waals surface area contributed by atoms with Gasteiger partial charge in [0.25, 0.3) is 5.91 Å². The van der Waals surface area contributed by atoms with Gasteiger partial charge in [0.2, 0.25) is 15.9 Å². The number of carbonyl (C=O) groups is 2. The molecule has 3 rings (SSSR count). The van der Waals surface area contributed by atoms with Crippen molar-refractivity contribution in [1.82, 2.24) is 5.32 Å². The summed E-state index contributed by atoms with van der Waals surface area (Å²) in [6.45, 7) is 1.81. The van der Waals surface area contributed by atoms with Crippen LogP contribution in [0.3, 0.4) is 0 Å². The van der Waals surface area contributed by atoms with Crippen molar-refractivity contribution in [1.29, 1.82) is 0 Å². The fourth-order valence-electron chi connectivity index (χ4n) is 2.78. The summed E-state index contributed by atoms with van der Waals surface area (Å²) in [5.74, 6) is -1.70. The molecule has 136 valence electrons. The zero-order chi connectivity index (χ0) is 18.9. The lowest BCUT2D eigenvalue weighted by atomic mass is 10.1. The molecule has 1 aliphatic heterocycles. The molecule has 1 aliphatic rings. The molecule has 0 saturated carbocycles. The van der Waals surface area contributed by atoms with Gasteiger partial charge in [0.1, 0.15) is 0 Å². The second-order valence-electron chi connectivity index (χ2n) is 6.11. The van der Waals surface area contributed by atoms with Crippen molar-refractivity contribution < 1.29 is 18.0 Å². The summed E-state index contributed by atoms with van der Waals surface area (Å²) >= 11 is 6.06. The minimum Gasteiger partial charge on any atom is -0.348 e. The minimum absolute atomic E-state index is 0.171. The lowest BCUT2D eigenvalue weighted by molar-refractivity contribution is -0.119. The van der Waals surface area contributed by atoms with Crippen molar-refractivity contribution in [2.75, 3.05) is 10.1 Å². The third-order valence-electron chi connectivity index (χ3n) is 4.10. The molecule has 2 aromatic carbocycles. The maximum Gasteiger partial charge on any atom is 0.251 e. The van der Waals surface area contributed by atoms with Crippen molar-refractivity contribution in [3.63, 3.8) is 0 Å². The predicted octanol–water partition coefficient (Wildman–Crippen LogP) is 2.58. The summed E-state index contributed by atoms with van der Waals surface area (Å²) in [4.78, 5) is 24.6. The fraction of sp³-hybridized carbons (Fsp3) is 0.222. The zero-order valence-electron chi connectivity index (χ0n) is 14.0. The van der Waals surface area contributed by atoms with Crippen LogP contribution in [-0.2, 0) is 21.4 Å². The molecule has 6 nitrogen and oxygen atoms in total. The largest absolute Gasteiger partial charge is 0.348 e. The van der Waals surface area contributed by atoms with E-state index in [-0.39, 0.29) is 29.5 Å². The molecule has 1 atom stereocenters. The summed E-state index contributed by atoms with van der Waals surface area (Å²) in [6, 6.07) is 13.1. The van der Waals surface area contributed by atoms with Crippen molar-refractivity contribution in [3.8, 4) is 0 Å². The highest BCUT2D eigenvalue weighted by molar-refractivity contribution is 7.94. The van der Waals surface area contributed by atoms with Gasteiger partial charge in [0.05, 0.1) is 17.4 Å². The molecule has 0 bridgehead atoms. The molecule has 8 heteroatoms. The Morgan fingerprint density at radius 3 is 2.62 bits per heavy atom. The van der Waals surface area contributed by atoms with Gasteiger partial charge in [-0.3, -0.25) is 9.59 Å². The van der Waals surface area contributed by atoms with E-state index in [9.17, 15) is 18.0 Å². The van der Waals surface area contributed by atoms with Crippen LogP contribution in [0.2, 0.25) is 5.02 Å². The fourth-order valence-corrected chi connectivity index (χ4v) is 4.79. The van der Waals surface area contributed by atoms with Crippen LogP contribution in [0.5, 0.6) is 0 Å². The average Bonchev–Trinajstić information content (AvgIpc) is 2.81. The van der Waals surface area contributed by atoms with E-state index in [0.29, 0.717) is 5.02 Å². The van der Waals surface area contributed by atoms with Gasteiger partial charge in [-0.2, -0.15) is 0 Å². The van der Waals surface area contributed by atoms with E-state index in [0.717, 1.165) is 9.87 Å². The molecule has 1 saturated heterocycles. The second kappa shape index (κ2) is 7.09. The Labute approximate surface area is 156 Å². The van der Waals surface area contributed by atoms with E-state index in [4.69, 9.17) is 11.6 Å². The molecule has 26 heavy (non-hydrogen) atoms. The Balaban J connectivity index is 1.80. The number of rotatable bonds is 4. The maximum atomic E-state index is 12.4. The number of hydrogen-bond acceptors (Lipinski definition) is 4. The first-order valence-electron chi connectivity index (χ1n) is 7.98. The van der Waals surface area contributed by atoms with E-state index in [1.54, 1.807) is 37.3 Å². The van der Waals surface area contributed by atoms with Gasteiger partial charge in [-0.1, -0.05) is 42.8 Å². The molecule has 1 fully saturated rings. The van der Waals surface area contributed by atoms with Gasteiger partial charge in [-0.15, -0.1) is 0 Å². The van der Waals surface area contributed by atoms with Crippen molar-refractivity contribution >= 4 is 39.1 Å². The first kappa shape index (κ1) is 18.4. The molecule has 1 heterocycles. The zero-order valence-corrected chi connectivity index (χ0v) is 15.5. The van der Waals surface area contributed by atoms with Crippen LogP contribution in [0.25, 0.3) is 0 Å². The van der Waals surface area contributed by atoms with Gasteiger partial charge in [0.15, 0.2) is 0 Å². The van der Waals surface area contributed by atoms with Gasteiger partial charge in [0, 0.05) is 17.1 Å². The summed E-state index contributed by atoms with van der Waals surface area (Å²) in [6.07, 6.45) is 0. The number of anilines is 1. The summed E-state index contributed by atoms with van der Waals surface area (Å²) in [5, 5.41) is 3.28. The first-order chi connectivity index (χ1) is 12.3. The van der Waals surface area contributed by atoms with Crippen LogP contribution >= 0.6 is 11.6 Å². The van der Waals surface area contributed by atoms with E-state index < -0.39 is 21.8 Å². The van der Waals surface area contributed by atoms with Crippen molar-refractivity contribution in [2.24, 2.45) is 5.92 Å². The van der Waals surface area contributed by atoms with Crippen LogP contribution < -0.4 is 9.62 Å². The highest BCUT2D eigenvalue weighted by atomic mass is 35.5. The number of amides is 2. The predicted molar refractivity (Wildman–Crippen MR) is 99.5 cm³/mol. The van der Waals surface area contributed by atoms with Crippen LogP contribution in [0.1, 0.15) is 22.8 Å². The Morgan fingerprint density at radius 1 is 1.23 bits per heavy atom. The summed E-state index contributed by atoms with van der Waals surface area (Å²) in [5.41, 5.74) is 1.20. The summed E-state index contributed by atoms with van der Waals surface area (Å²) < 4.78 is 25.2. The van der Waals surface area contributed by atoms with E-state index in [1.165, 1.54) is 12.1 Å². The molecule has 2 aromatic rings. The van der Waals surface area contributed by atoms with Gasteiger partial charge in [-0.05, 0) is 29.8 Å². The third kappa shape index (κ3) is 3.59. The van der Waals surface area contributed by atoms with E-state index >= 15 is 0 Å². The van der Waals surface area contributed by atoms with E-state index in [2.05, 4.69) is 5.32 Å². The average molecular weight is 393 g/mol. The number of hydrogen-bond donors (Lipinski definition) is 1. The maximum absolute atomic E-state index is 12.4. The Bertz CT molecular complexity index is 975. The van der Waals surface area contributed by atoms with Crippen molar-refractivity contribution in [2.45, 2.75) is 13.5 Å². The molecule has 0 aromatic heterocycles. The highest BCUT2D eigenvalue weighted by Gasteiger charge is 2.42. The molecule has 0 unspecified atom stereocenters. The van der Waals surface area contributed by atoms with Crippen LogP contribution in [0.15, 0.2) is 48.5 Å². The van der Waals surface area contributed by atoms with Crippen LogP contribution in [-0.4, -0.2) is 26.0 Å². The normalized spacial score (nSPS) is 18.8. The Morgan fingerprint density at radius 2 is 1.96 bits per heavy atom. The van der Waals surface area contributed by atoms with Gasteiger partial charge >= 0.3 is 0 Å². The number of nitrogens with one attached hydrogen (secondary N) is 1. The molecule has 0 aliphatic carbocycles. The Kier molecular flexibility index (Phi) is 5.02. The molecular formula is C18H17ClN2O4S. The lowest BCUT2D eigenvalue weighted by Gasteiger charge is -2.16. The number of benzene rings is 2. The van der Waals surface area contributed by atoms with Gasteiger partial charge < -0.3 is 5.32 Å². The molecule has 2 amide bonds. The highest BCUT2D eigenvalue weighted by Crippen LogP contribution is 2.28. The summed E-state index contributed by atoms with van der Waals surface area (Å²) in [7, 11) is -3.71. The van der Waals surface area contributed by atoms with E-state index in [1.807, 2.05) is 6.07 Å². The van der Waals surface area contributed by atoms with Gasteiger partial charge in [-0.25, -0.2) is 12.7 Å². The first-order valence-corrected chi connectivity index (χ1v) is 9.97. The topological polar surface area (TPSA) is 83.6 Å². The quantitative estimate of drug-likeness (QED) is 0.866. The number of halogens is 1. The lowest BCUT2D eigenvalue weighted by Crippen LogP contribution is -2.30. The number of nitrogens with zero attached hydrogens (tertiary/aromatic N) is 1. The van der Waals surface area contributed by atoms with Crippen LogP contribution in [0.4, 0.5) is 5.69 Å². The molecule has 0 radical (unpaired) electrons. The second-order valence-corrected chi connectivity index (χ2v) is 8.38. The van der Waals surface area contributed by atoms with Crippen molar-refractivity contribution in [3.05, 3.63) is 64.7 Å². The SMILES string of the molecule is C[C@@H]1CS(=O)(=O)N(c2cccc(C(=O)NCc3ccccc3Cl)c2)C1=O.